The fourth-order valence-corrected chi connectivity index (χ4v) is 4.28. The third-order valence-electron chi connectivity index (χ3n) is 5.25. The Hall–Kier alpha value is -2.87. The molecule has 1 saturated heterocycles. The highest BCUT2D eigenvalue weighted by Gasteiger charge is 2.30. The highest BCUT2D eigenvalue weighted by molar-refractivity contribution is 7.18. The van der Waals surface area contributed by atoms with Gasteiger partial charge in [0.25, 0.3) is 5.91 Å². The second-order valence-corrected chi connectivity index (χ2v) is 8.61. The van der Waals surface area contributed by atoms with E-state index in [0.717, 1.165) is 44.5 Å². The van der Waals surface area contributed by atoms with Gasteiger partial charge in [-0.3, -0.25) is 14.4 Å². The maximum Gasteiger partial charge on any atom is 0.265 e. The van der Waals surface area contributed by atoms with E-state index in [4.69, 9.17) is 5.73 Å². The normalized spacial score (nSPS) is 16.3. The van der Waals surface area contributed by atoms with Crippen LogP contribution < -0.4 is 21.3 Å². The van der Waals surface area contributed by atoms with Crippen LogP contribution in [0.4, 0.5) is 16.4 Å². The summed E-state index contributed by atoms with van der Waals surface area (Å²) in [6.45, 7) is 1.82. The van der Waals surface area contributed by atoms with Crippen LogP contribution in [0, 0.1) is 5.92 Å². The van der Waals surface area contributed by atoms with E-state index >= 15 is 0 Å². The van der Waals surface area contributed by atoms with Crippen molar-refractivity contribution in [1.29, 1.82) is 0 Å². The largest absolute Gasteiger partial charge is 0.370 e. The maximum atomic E-state index is 12.8. The predicted octanol–water partition coefficient (Wildman–Crippen LogP) is 3.44. The summed E-state index contributed by atoms with van der Waals surface area (Å²) in [7, 11) is 0. The van der Waals surface area contributed by atoms with Gasteiger partial charge in [-0.2, -0.15) is 0 Å². The molecular formula is C21H24N4O3S. The van der Waals surface area contributed by atoms with Gasteiger partial charge in [-0.15, -0.1) is 11.3 Å². The number of rotatable bonds is 6. The minimum absolute atomic E-state index is 0.0142. The zero-order valence-electron chi connectivity index (χ0n) is 16.1. The van der Waals surface area contributed by atoms with E-state index in [-0.39, 0.29) is 17.7 Å². The molecule has 1 aliphatic carbocycles. The van der Waals surface area contributed by atoms with Gasteiger partial charge in [-0.1, -0.05) is 0 Å². The minimum Gasteiger partial charge on any atom is -0.370 e. The summed E-state index contributed by atoms with van der Waals surface area (Å²) in [5.74, 6) is -0.688. The molecule has 2 aromatic rings. The number of nitrogens with two attached hydrogens (primary N) is 1. The molecule has 2 fully saturated rings. The van der Waals surface area contributed by atoms with Crippen LogP contribution in [-0.2, 0) is 4.79 Å². The first-order valence-corrected chi connectivity index (χ1v) is 10.7. The average molecular weight is 413 g/mol. The van der Waals surface area contributed by atoms with Crippen molar-refractivity contribution in [3.8, 4) is 0 Å². The van der Waals surface area contributed by atoms with Crippen molar-refractivity contribution in [3.05, 3.63) is 40.8 Å². The van der Waals surface area contributed by atoms with Crippen molar-refractivity contribution in [3.63, 3.8) is 0 Å². The second-order valence-electron chi connectivity index (χ2n) is 7.53. The van der Waals surface area contributed by atoms with Gasteiger partial charge in [-0.25, -0.2) is 0 Å². The Morgan fingerprint density at radius 3 is 2.45 bits per heavy atom. The van der Waals surface area contributed by atoms with Crippen molar-refractivity contribution in [2.45, 2.75) is 32.1 Å². The smallest absolute Gasteiger partial charge is 0.265 e. The minimum atomic E-state index is -0.535. The summed E-state index contributed by atoms with van der Waals surface area (Å²) < 4.78 is 0. The number of primary amides is 1. The highest BCUT2D eigenvalue weighted by Crippen LogP contribution is 2.33. The second kappa shape index (κ2) is 8.24. The molecule has 1 saturated carbocycles. The summed E-state index contributed by atoms with van der Waals surface area (Å²) in [5.41, 5.74) is 7.25. The Kier molecular flexibility index (Phi) is 5.53. The topological polar surface area (TPSA) is 105 Å². The first-order chi connectivity index (χ1) is 14.0. The number of nitrogens with zero attached hydrogens (tertiary/aromatic N) is 1. The SMILES string of the molecule is NC(=O)c1ccc(N2CCCCC2)c(NC(=O)c2ccc(NC(=O)C3CC3)s2)c1. The Morgan fingerprint density at radius 1 is 1.00 bits per heavy atom. The van der Waals surface area contributed by atoms with Gasteiger partial charge in [0.2, 0.25) is 11.8 Å². The van der Waals surface area contributed by atoms with Gasteiger partial charge in [0.05, 0.1) is 21.3 Å². The van der Waals surface area contributed by atoms with Crippen molar-refractivity contribution in [2.75, 3.05) is 28.6 Å². The highest BCUT2D eigenvalue weighted by atomic mass is 32.1. The molecule has 0 bridgehead atoms. The summed E-state index contributed by atoms with van der Waals surface area (Å²) in [4.78, 5) is 39.1. The van der Waals surface area contributed by atoms with E-state index in [1.807, 2.05) is 6.07 Å². The molecule has 2 heterocycles. The first-order valence-electron chi connectivity index (χ1n) is 9.92. The Labute approximate surface area is 173 Å². The molecule has 7 nitrogen and oxygen atoms in total. The number of piperidine rings is 1. The molecule has 4 N–H and O–H groups in total. The van der Waals surface area contributed by atoms with Gasteiger partial charge >= 0.3 is 0 Å². The van der Waals surface area contributed by atoms with E-state index < -0.39 is 5.91 Å². The van der Waals surface area contributed by atoms with E-state index in [1.54, 1.807) is 24.3 Å². The number of benzene rings is 1. The zero-order valence-corrected chi connectivity index (χ0v) is 16.9. The summed E-state index contributed by atoms with van der Waals surface area (Å²) in [6, 6.07) is 8.61. The van der Waals surface area contributed by atoms with Crippen LogP contribution in [-0.4, -0.2) is 30.8 Å². The molecule has 2 aliphatic rings. The lowest BCUT2D eigenvalue weighted by Gasteiger charge is -2.30. The summed E-state index contributed by atoms with van der Waals surface area (Å²) in [5, 5.41) is 6.45. The van der Waals surface area contributed by atoms with Crippen molar-refractivity contribution < 1.29 is 14.4 Å². The molecule has 0 atom stereocenters. The number of hydrogen-bond acceptors (Lipinski definition) is 5. The Bertz CT molecular complexity index is 945. The Balaban J connectivity index is 1.53. The van der Waals surface area contributed by atoms with E-state index in [9.17, 15) is 14.4 Å². The Morgan fingerprint density at radius 2 is 1.76 bits per heavy atom. The van der Waals surface area contributed by atoms with Crippen LogP contribution in [0.5, 0.6) is 0 Å². The van der Waals surface area contributed by atoms with E-state index in [0.29, 0.717) is 21.1 Å². The number of anilines is 3. The standard InChI is InChI=1S/C21H24N4O3S/c22-19(26)14-6-7-16(25-10-2-1-3-11-25)15(12-14)23-21(28)17-8-9-18(29-17)24-20(27)13-4-5-13/h6-9,12-13H,1-5,10-11H2,(H2,22,26)(H,23,28)(H,24,27). The number of carbonyl (C=O) groups excluding carboxylic acids is 3. The lowest BCUT2D eigenvalue weighted by atomic mass is 10.1. The molecular weight excluding hydrogens is 388 g/mol. The molecule has 1 aromatic heterocycles. The summed E-state index contributed by atoms with van der Waals surface area (Å²) >= 11 is 1.24. The van der Waals surface area contributed by atoms with E-state index in [1.165, 1.54) is 17.8 Å². The fraction of sp³-hybridized carbons (Fsp3) is 0.381. The number of thiophene rings is 1. The zero-order chi connectivity index (χ0) is 20.4. The lowest BCUT2D eigenvalue weighted by molar-refractivity contribution is -0.117. The van der Waals surface area contributed by atoms with Crippen LogP contribution >= 0.6 is 11.3 Å². The average Bonchev–Trinajstić information content (AvgIpc) is 3.48. The van der Waals surface area contributed by atoms with Crippen LogP contribution in [0.3, 0.4) is 0 Å². The van der Waals surface area contributed by atoms with E-state index in [2.05, 4.69) is 15.5 Å². The maximum absolute atomic E-state index is 12.8. The molecule has 0 spiro atoms. The number of amides is 3. The molecule has 3 amide bonds. The molecule has 8 heteroatoms. The van der Waals surface area contributed by atoms with Gasteiger partial charge in [-0.05, 0) is 62.4 Å². The molecule has 1 aromatic carbocycles. The third kappa shape index (κ3) is 4.59. The lowest BCUT2D eigenvalue weighted by Crippen LogP contribution is -2.30. The van der Waals surface area contributed by atoms with Crippen molar-refractivity contribution in [1.82, 2.24) is 0 Å². The number of carbonyl (C=O) groups is 3. The molecule has 0 unspecified atom stereocenters. The van der Waals surface area contributed by atoms with Gasteiger partial charge in [0, 0.05) is 24.6 Å². The van der Waals surface area contributed by atoms with Crippen LogP contribution in [0.25, 0.3) is 0 Å². The monoisotopic (exact) mass is 412 g/mol. The van der Waals surface area contributed by atoms with Gasteiger partial charge in [0.1, 0.15) is 0 Å². The van der Waals surface area contributed by atoms with Crippen molar-refractivity contribution >= 4 is 45.4 Å². The van der Waals surface area contributed by atoms with Crippen LogP contribution in [0.15, 0.2) is 30.3 Å². The molecule has 0 radical (unpaired) electrons. The molecule has 152 valence electrons. The first kappa shape index (κ1) is 19.4. The quantitative estimate of drug-likeness (QED) is 0.676. The third-order valence-corrected chi connectivity index (χ3v) is 6.25. The van der Waals surface area contributed by atoms with Crippen LogP contribution in [0.1, 0.15) is 52.1 Å². The number of hydrogen-bond donors (Lipinski definition) is 3. The van der Waals surface area contributed by atoms with Crippen LogP contribution in [0.2, 0.25) is 0 Å². The molecule has 1 aliphatic heterocycles. The molecule has 29 heavy (non-hydrogen) atoms. The van der Waals surface area contributed by atoms with Gasteiger partial charge in [0.15, 0.2) is 0 Å². The van der Waals surface area contributed by atoms with Crippen molar-refractivity contribution in [2.24, 2.45) is 11.7 Å². The summed E-state index contributed by atoms with van der Waals surface area (Å²) in [6.07, 6.45) is 5.25. The molecule has 4 rings (SSSR count). The number of nitrogens with one attached hydrogen (secondary N) is 2. The predicted molar refractivity (Wildman–Crippen MR) is 115 cm³/mol. The fourth-order valence-electron chi connectivity index (χ4n) is 3.48. The van der Waals surface area contributed by atoms with Gasteiger partial charge < -0.3 is 21.3 Å².